The zero-order chi connectivity index (χ0) is 9.97. The van der Waals surface area contributed by atoms with E-state index in [1.807, 2.05) is 0 Å². The first-order valence-corrected chi connectivity index (χ1v) is 4.57. The second-order valence-electron chi connectivity index (χ2n) is 3.31. The van der Waals surface area contributed by atoms with Crippen LogP contribution in [0.1, 0.15) is 5.69 Å². The van der Waals surface area contributed by atoms with Gasteiger partial charge in [0.05, 0.1) is 18.8 Å². The number of fused-ring (bicyclic) bond motifs is 1. The molecule has 0 bridgehead atoms. The fraction of sp³-hybridized carbons (Fsp3) is 0.625. The molecule has 1 aromatic heterocycles. The number of rotatable bonds is 3. The van der Waals surface area contributed by atoms with Crippen LogP contribution < -0.4 is 0 Å². The standard InChI is InChI=1S/C8H12N4O2/c13-4-3-11-1-2-12-7(6-11)5-8(9-12)10-14/h5,13H,1-4,6H2. The highest BCUT2D eigenvalue weighted by atomic mass is 16.3. The third-order valence-corrected chi connectivity index (χ3v) is 2.37. The number of aliphatic hydroxyl groups excluding tert-OH is 1. The van der Waals surface area contributed by atoms with Crippen LogP contribution in [-0.2, 0) is 13.1 Å². The minimum Gasteiger partial charge on any atom is -0.395 e. The first-order valence-electron chi connectivity index (χ1n) is 4.57. The molecule has 0 saturated carbocycles. The molecule has 1 aliphatic heterocycles. The Balaban J connectivity index is 2.13. The molecular weight excluding hydrogens is 184 g/mol. The quantitative estimate of drug-likeness (QED) is 0.695. The lowest BCUT2D eigenvalue weighted by molar-refractivity contribution is 0.163. The topological polar surface area (TPSA) is 70.7 Å². The van der Waals surface area contributed by atoms with Gasteiger partial charge >= 0.3 is 0 Å². The Bertz CT molecular complexity index is 336. The van der Waals surface area contributed by atoms with E-state index in [1.54, 1.807) is 10.7 Å². The molecule has 1 aliphatic rings. The first kappa shape index (κ1) is 9.29. The van der Waals surface area contributed by atoms with E-state index in [0.29, 0.717) is 6.54 Å². The normalized spacial score (nSPS) is 16.6. The molecule has 0 spiro atoms. The van der Waals surface area contributed by atoms with Crippen molar-refractivity contribution in [2.24, 2.45) is 5.18 Å². The van der Waals surface area contributed by atoms with Crippen LogP contribution in [0.25, 0.3) is 0 Å². The van der Waals surface area contributed by atoms with Crippen molar-refractivity contribution in [2.45, 2.75) is 13.1 Å². The maximum Gasteiger partial charge on any atom is 0.217 e. The van der Waals surface area contributed by atoms with Gasteiger partial charge in [0.2, 0.25) is 5.82 Å². The Morgan fingerprint density at radius 1 is 1.57 bits per heavy atom. The third kappa shape index (κ3) is 1.66. The van der Waals surface area contributed by atoms with Gasteiger partial charge in [-0.2, -0.15) is 0 Å². The van der Waals surface area contributed by atoms with Crippen molar-refractivity contribution >= 4 is 5.82 Å². The fourth-order valence-electron chi connectivity index (χ4n) is 1.68. The predicted octanol–water partition coefficient (Wildman–Crippen LogP) is 0.0889. The average molecular weight is 196 g/mol. The molecule has 1 N–H and O–H groups in total. The fourth-order valence-corrected chi connectivity index (χ4v) is 1.68. The van der Waals surface area contributed by atoms with Gasteiger partial charge in [-0.1, -0.05) is 0 Å². The van der Waals surface area contributed by atoms with Crippen LogP contribution in [0.4, 0.5) is 5.82 Å². The van der Waals surface area contributed by atoms with Gasteiger partial charge in [-0.15, -0.1) is 10.0 Å². The van der Waals surface area contributed by atoms with Crippen molar-refractivity contribution in [3.63, 3.8) is 0 Å². The maximum atomic E-state index is 10.3. The Labute approximate surface area is 81.1 Å². The Morgan fingerprint density at radius 3 is 3.14 bits per heavy atom. The third-order valence-electron chi connectivity index (χ3n) is 2.37. The molecule has 0 radical (unpaired) electrons. The molecule has 2 rings (SSSR count). The van der Waals surface area contributed by atoms with Crippen LogP contribution in [0.15, 0.2) is 11.2 Å². The molecule has 0 aromatic carbocycles. The lowest BCUT2D eigenvalue weighted by atomic mass is 10.3. The van der Waals surface area contributed by atoms with Gasteiger partial charge in [-0.3, -0.25) is 9.58 Å². The molecule has 76 valence electrons. The van der Waals surface area contributed by atoms with Crippen LogP contribution in [0.3, 0.4) is 0 Å². The van der Waals surface area contributed by atoms with E-state index in [2.05, 4.69) is 15.2 Å². The number of nitroso groups, excluding NO2 is 1. The monoisotopic (exact) mass is 196 g/mol. The average Bonchev–Trinajstić information content (AvgIpc) is 2.60. The molecule has 0 saturated heterocycles. The highest BCUT2D eigenvalue weighted by molar-refractivity contribution is 5.29. The van der Waals surface area contributed by atoms with Crippen molar-refractivity contribution in [3.05, 3.63) is 16.7 Å². The summed E-state index contributed by atoms with van der Waals surface area (Å²) in [6.07, 6.45) is 0. The summed E-state index contributed by atoms with van der Waals surface area (Å²) in [4.78, 5) is 12.4. The molecule has 0 amide bonds. The zero-order valence-corrected chi connectivity index (χ0v) is 7.76. The van der Waals surface area contributed by atoms with Crippen LogP contribution in [0, 0.1) is 4.91 Å². The summed E-state index contributed by atoms with van der Waals surface area (Å²) in [5.41, 5.74) is 0.985. The van der Waals surface area contributed by atoms with E-state index in [1.165, 1.54) is 0 Å². The lowest BCUT2D eigenvalue weighted by Gasteiger charge is -2.26. The van der Waals surface area contributed by atoms with Gasteiger partial charge in [0.1, 0.15) is 0 Å². The first-order chi connectivity index (χ1) is 6.83. The van der Waals surface area contributed by atoms with Crippen LogP contribution in [0.2, 0.25) is 0 Å². The van der Waals surface area contributed by atoms with E-state index in [0.717, 1.165) is 25.3 Å². The minimum absolute atomic E-state index is 0.160. The molecule has 6 nitrogen and oxygen atoms in total. The van der Waals surface area contributed by atoms with E-state index in [4.69, 9.17) is 5.11 Å². The summed E-state index contributed by atoms with van der Waals surface area (Å²) in [5.74, 6) is 0.242. The summed E-state index contributed by atoms with van der Waals surface area (Å²) in [6, 6.07) is 1.69. The number of aliphatic hydroxyl groups is 1. The van der Waals surface area contributed by atoms with E-state index >= 15 is 0 Å². The van der Waals surface area contributed by atoms with Crippen molar-refractivity contribution in [3.8, 4) is 0 Å². The van der Waals surface area contributed by atoms with Crippen molar-refractivity contribution in [1.29, 1.82) is 0 Å². The molecule has 0 aliphatic carbocycles. The molecular formula is C8H12N4O2. The molecule has 6 heteroatoms. The predicted molar refractivity (Wildman–Crippen MR) is 50.0 cm³/mol. The summed E-state index contributed by atoms with van der Waals surface area (Å²) >= 11 is 0. The summed E-state index contributed by atoms with van der Waals surface area (Å²) in [6.45, 7) is 3.16. The smallest absolute Gasteiger partial charge is 0.217 e. The van der Waals surface area contributed by atoms with Gasteiger partial charge in [0, 0.05) is 25.7 Å². The summed E-state index contributed by atoms with van der Waals surface area (Å²) in [7, 11) is 0. The second kappa shape index (κ2) is 3.85. The number of aromatic nitrogens is 2. The molecule has 1 aromatic rings. The highest BCUT2D eigenvalue weighted by Crippen LogP contribution is 2.17. The van der Waals surface area contributed by atoms with Gasteiger partial charge in [0.15, 0.2) is 0 Å². The minimum atomic E-state index is 0.160. The molecule has 2 heterocycles. The number of nitrogens with zero attached hydrogens (tertiary/aromatic N) is 4. The zero-order valence-electron chi connectivity index (χ0n) is 7.76. The van der Waals surface area contributed by atoms with Crippen LogP contribution in [0.5, 0.6) is 0 Å². The summed E-state index contributed by atoms with van der Waals surface area (Å²) < 4.78 is 1.80. The number of β-amino-alcohol motifs (C(OH)–C–C–N with tert-alkyl or cyclic N) is 1. The van der Waals surface area contributed by atoms with Crippen molar-refractivity contribution < 1.29 is 5.11 Å². The van der Waals surface area contributed by atoms with E-state index < -0.39 is 0 Å². The lowest BCUT2D eigenvalue weighted by Crippen LogP contribution is -2.35. The Hall–Kier alpha value is -1.27. The SMILES string of the molecule is O=Nc1cc2n(n1)CCN(CCO)C2. The Kier molecular flexibility index (Phi) is 2.55. The van der Waals surface area contributed by atoms with Crippen molar-refractivity contribution in [2.75, 3.05) is 19.7 Å². The number of hydrogen-bond donors (Lipinski definition) is 1. The largest absolute Gasteiger partial charge is 0.395 e. The van der Waals surface area contributed by atoms with Crippen molar-refractivity contribution in [1.82, 2.24) is 14.7 Å². The van der Waals surface area contributed by atoms with Crippen LogP contribution in [-0.4, -0.2) is 39.5 Å². The molecule has 14 heavy (non-hydrogen) atoms. The molecule has 0 unspecified atom stereocenters. The van der Waals surface area contributed by atoms with E-state index in [-0.39, 0.29) is 12.4 Å². The maximum absolute atomic E-state index is 10.3. The van der Waals surface area contributed by atoms with Gasteiger partial charge < -0.3 is 5.11 Å². The van der Waals surface area contributed by atoms with Crippen LogP contribution >= 0.6 is 0 Å². The van der Waals surface area contributed by atoms with Gasteiger partial charge in [-0.25, -0.2) is 0 Å². The van der Waals surface area contributed by atoms with Gasteiger partial charge in [-0.05, 0) is 5.18 Å². The molecule has 0 fully saturated rings. The van der Waals surface area contributed by atoms with E-state index in [9.17, 15) is 4.91 Å². The Morgan fingerprint density at radius 2 is 2.43 bits per heavy atom. The second-order valence-corrected chi connectivity index (χ2v) is 3.31. The molecule has 0 atom stereocenters. The number of hydrogen-bond acceptors (Lipinski definition) is 5. The van der Waals surface area contributed by atoms with Gasteiger partial charge in [0.25, 0.3) is 0 Å². The summed E-state index contributed by atoms with van der Waals surface area (Å²) in [5, 5.41) is 15.6. The highest BCUT2D eigenvalue weighted by Gasteiger charge is 2.17.